The van der Waals surface area contributed by atoms with Gasteiger partial charge in [-0.1, -0.05) is 11.6 Å². The lowest BCUT2D eigenvalue weighted by Gasteiger charge is -2.13. The highest BCUT2D eigenvalue weighted by atomic mass is 35.5. The van der Waals surface area contributed by atoms with E-state index in [1.165, 1.54) is 0 Å². The molecule has 2 nitrogen and oxygen atoms in total. The van der Waals surface area contributed by atoms with Gasteiger partial charge >= 0.3 is 0 Å². The van der Waals surface area contributed by atoms with Crippen molar-refractivity contribution in [3.63, 3.8) is 0 Å². The number of rotatable bonds is 3. The molecule has 14 heavy (non-hydrogen) atoms. The van der Waals surface area contributed by atoms with E-state index in [4.69, 9.17) is 22.1 Å². The maximum Gasteiger partial charge on any atom is 0.124 e. The molecule has 0 saturated heterocycles. The first-order valence-electron chi connectivity index (χ1n) is 4.28. The first-order chi connectivity index (χ1) is 6.13. The lowest BCUT2D eigenvalue weighted by molar-refractivity contribution is 0.240. The van der Waals surface area contributed by atoms with E-state index in [1.807, 2.05) is 26.0 Å². The molecule has 1 rings (SSSR count). The molecule has 0 bridgehead atoms. The van der Waals surface area contributed by atoms with Crippen LogP contribution < -0.4 is 10.5 Å². The largest absolute Gasteiger partial charge is 0.491 e. The maximum absolute atomic E-state index is 5.82. The number of hydrogen-bond acceptors (Lipinski definition) is 2. The van der Waals surface area contributed by atoms with Crippen molar-refractivity contribution in [2.45, 2.75) is 26.5 Å². The van der Waals surface area contributed by atoms with Gasteiger partial charge < -0.3 is 10.5 Å². The summed E-state index contributed by atoms with van der Waals surface area (Å²) >= 11 is 5.82. The normalized spacial score (nSPS) is 9.79. The Labute approximate surface area is 95.8 Å². The molecule has 0 aromatic heterocycles. The highest BCUT2D eigenvalue weighted by molar-refractivity contribution is 6.30. The Balaban J connectivity index is 0.00000169. The van der Waals surface area contributed by atoms with Crippen LogP contribution in [0.5, 0.6) is 5.75 Å². The van der Waals surface area contributed by atoms with Gasteiger partial charge in [-0.05, 0) is 32.0 Å². The van der Waals surface area contributed by atoms with Gasteiger partial charge in [0, 0.05) is 17.1 Å². The maximum atomic E-state index is 5.82. The minimum absolute atomic E-state index is 0. The van der Waals surface area contributed by atoms with Gasteiger partial charge in [-0.25, -0.2) is 0 Å². The fourth-order valence-corrected chi connectivity index (χ4v) is 1.27. The Morgan fingerprint density at radius 2 is 2.07 bits per heavy atom. The topological polar surface area (TPSA) is 35.2 Å². The van der Waals surface area contributed by atoms with Crippen LogP contribution in [0, 0.1) is 0 Å². The van der Waals surface area contributed by atoms with Crippen LogP contribution in [-0.4, -0.2) is 6.10 Å². The smallest absolute Gasteiger partial charge is 0.124 e. The predicted octanol–water partition coefficient (Wildman–Crippen LogP) is 3.01. The number of halogens is 2. The van der Waals surface area contributed by atoms with Crippen LogP contribution in [0.2, 0.25) is 5.02 Å². The molecule has 0 amide bonds. The molecule has 0 aliphatic rings. The molecule has 4 heteroatoms. The Morgan fingerprint density at radius 3 is 2.57 bits per heavy atom. The average Bonchev–Trinajstić information content (AvgIpc) is 2.07. The van der Waals surface area contributed by atoms with E-state index in [-0.39, 0.29) is 18.5 Å². The molecule has 0 radical (unpaired) electrons. The summed E-state index contributed by atoms with van der Waals surface area (Å²) in [6.45, 7) is 4.41. The van der Waals surface area contributed by atoms with Gasteiger partial charge in [-0.3, -0.25) is 0 Å². The molecule has 0 saturated carbocycles. The van der Waals surface area contributed by atoms with Crippen molar-refractivity contribution in [2.24, 2.45) is 5.73 Å². The van der Waals surface area contributed by atoms with E-state index in [9.17, 15) is 0 Å². The zero-order valence-corrected chi connectivity index (χ0v) is 9.86. The number of nitrogens with two attached hydrogens (primary N) is 1. The van der Waals surface area contributed by atoms with Crippen LogP contribution in [0.3, 0.4) is 0 Å². The van der Waals surface area contributed by atoms with E-state index in [2.05, 4.69) is 0 Å². The Hall–Kier alpha value is -0.440. The fourth-order valence-electron chi connectivity index (χ4n) is 1.08. The summed E-state index contributed by atoms with van der Waals surface area (Å²) in [6, 6.07) is 5.49. The summed E-state index contributed by atoms with van der Waals surface area (Å²) in [6.07, 6.45) is 0.159. The van der Waals surface area contributed by atoms with Gasteiger partial charge in [0.1, 0.15) is 5.75 Å². The van der Waals surface area contributed by atoms with Crippen molar-refractivity contribution in [2.75, 3.05) is 0 Å². The first-order valence-corrected chi connectivity index (χ1v) is 4.66. The summed E-state index contributed by atoms with van der Waals surface area (Å²) in [4.78, 5) is 0. The number of ether oxygens (including phenoxy) is 1. The van der Waals surface area contributed by atoms with E-state index >= 15 is 0 Å². The van der Waals surface area contributed by atoms with E-state index in [1.54, 1.807) is 6.07 Å². The quantitative estimate of drug-likeness (QED) is 0.875. The monoisotopic (exact) mass is 235 g/mol. The molecule has 0 atom stereocenters. The SMILES string of the molecule is CC(C)Oc1ccc(Cl)cc1CN.Cl. The van der Waals surface area contributed by atoms with Crippen LogP contribution in [0.1, 0.15) is 19.4 Å². The molecule has 80 valence electrons. The molecule has 2 N–H and O–H groups in total. The van der Waals surface area contributed by atoms with Crippen molar-refractivity contribution in [1.29, 1.82) is 0 Å². The minimum Gasteiger partial charge on any atom is -0.491 e. The second-order valence-electron chi connectivity index (χ2n) is 3.12. The lowest BCUT2D eigenvalue weighted by Crippen LogP contribution is -2.09. The molecule has 0 fully saturated rings. The molecule has 0 unspecified atom stereocenters. The summed E-state index contributed by atoms with van der Waals surface area (Å²) in [5.41, 5.74) is 6.50. The third-order valence-electron chi connectivity index (χ3n) is 1.61. The fraction of sp³-hybridized carbons (Fsp3) is 0.400. The van der Waals surface area contributed by atoms with Crippen LogP contribution in [-0.2, 0) is 6.54 Å². The Kier molecular flexibility index (Phi) is 5.93. The van der Waals surface area contributed by atoms with Gasteiger partial charge in [0.05, 0.1) is 6.10 Å². The van der Waals surface area contributed by atoms with Gasteiger partial charge in [0.2, 0.25) is 0 Å². The van der Waals surface area contributed by atoms with Crippen LogP contribution >= 0.6 is 24.0 Å². The zero-order valence-electron chi connectivity index (χ0n) is 8.29. The van der Waals surface area contributed by atoms with Crippen molar-refractivity contribution in [1.82, 2.24) is 0 Å². The standard InChI is InChI=1S/C10H14ClNO.ClH/c1-7(2)13-10-4-3-9(11)5-8(10)6-12;/h3-5,7H,6,12H2,1-2H3;1H. The van der Waals surface area contributed by atoms with Crippen LogP contribution in [0.15, 0.2) is 18.2 Å². The molecule has 1 aromatic rings. The summed E-state index contributed by atoms with van der Waals surface area (Å²) in [5.74, 6) is 0.821. The van der Waals surface area contributed by atoms with Gasteiger partial charge in [-0.2, -0.15) is 0 Å². The highest BCUT2D eigenvalue weighted by Gasteiger charge is 2.04. The van der Waals surface area contributed by atoms with E-state index < -0.39 is 0 Å². The molecule has 0 aliphatic heterocycles. The minimum atomic E-state index is 0. The molecular weight excluding hydrogens is 221 g/mol. The molecule has 1 aromatic carbocycles. The number of benzene rings is 1. The zero-order chi connectivity index (χ0) is 9.84. The third-order valence-corrected chi connectivity index (χ3v) is 1.84. The third kappa shape index (κ3) is 3.74. The summed E-state index contributed by atoms with van der Waals surface area (Å²) < 4.78 is 5.55. The summed E-state index contributed by atoms with van der Waals surface area (Å²) in [5, 5.41) is 0.691. The van der Waals surface area contributed by atoms with Gasteiger partial charge in [0.25, 0.3) is 0 Å². The second kappa shape index (κ2) is 6.12. The number of hydrogen-bond donors (Lipinski definition) is 1. The van der Waals surface area contributed by atoms with Crippen molar-refractivity contribution < 1.29 is 4.74 Å². The van der Waals surface area contributed by atoms with Crippen molar-refractivity contribution >= 4 is 24.0 Å². The highest BCUT2D eigenvalue weighted by Crippen LogP contribution is 2.23. The van der Waals surface area contributed by atoms with Gasteiger partial charge in [-0.15, -0.1) is 12.4 Å². The Morgan fingerprint density at radius 1 is 1.43 bits per heavy atom. The summed E-state index contributed by atoms with van der Waals surface area (Å²) in [7, 11) is 0. The van der Waals surface area contributed by atoms with Crippen molar-refractivity contribution in [3.8, 4) is 5.75 Å². The average molecular weight is 236 g/mol. The molecule has 0 heterocycles. The predicted molar refractivity (Wildman–Crippen MR) is 62.4 cm³/mol. The lowest BCUT2D eigenvalue weighted by atomic mass is 10.2. The van der Waals surface area contributed by atoms with Gasteiger partial charge in [0.15, 0.2) is 0 Å². The van der Waals surface area contributed by atoms with Crippen LogP contribution in [0.4, 0.5) is 0 Å². The van der Waals surface area contributed by atoms with Crippen LogP contribution in [0.25, 0.3) is 0 Å². The van der Waals surface area contributed by atoms with Crippen molar-refractivity contribution in [3.05, 3.63) is 28.8 Å². The molecule has 0 aliphatic carbocycles. The van der Waals surface area contributed by atoms with E-state index in [0.717, 1.165) is 11.3 Å². The Bertz CT molecular complexity index is 289. The second-order valence-corrected chi connectivity index (χ2v) is 3.56. The molecule has 0 spiro atoms. The molecular formula is C10H15Cl2NO. The van der Waals surface area contributed by atoms with E-state index in [0.29, 0.717) is 11.6 Å². The first kappa shape index (κ1) is 13.6.